The van der Waals surface area contributed by atoms with E-state index in [0.29, 0.717) is 16.5 Å². The highest BCUT2D eigenvalue weighted by atomic mass is 35.5. The molecule has 0 aliphatic heterocycles. The predicted octanol–water partition coefficient (Wildman–Crippen LogP) is 3.61. The molecule has 7 heteroatoms. The molecule has 0 aliphatic carbocycles. The Kier molecular flexibility index (Phi) is 7.25. The average molecular weight is 389 g/mol. The van der Waals surface area contributed by atoms with Gasteiger partial charge >= 0.3 is 0 Å². The van der Waals surface area contributed by atoms with Crippen molar-refractivity contribution in [2.45, 2.75) is 20.0 Å². The molecule has 6 nitrogen and oxygen atoms in total. The fourth-order valence-electron chi connectivity index (χ4n) is 2.18. The highest BCUT2D eigenvalue weighted by Crippen LogP contribution is 2.29. The zero-order valence-electron chi connectivity index (χ0n) is 15.3. The maximum Gasteiger partial charge on any atom is 0.271 e. The summed E-state index contributed by atoms with van der Waals surface area (Å²) in [6.07, 6.45) is 2.91. The van der Waals surface area contributed by atoms with Crippen LogP contribution in [-0.2, 0) is 4.79 Å². The van der Waals surface area contributed by atoms with Gasteiger partial charge in [0.2, 0.25) is 0 Å². The van der Waals surface area contributed by atoms with Crippen LogP contribution in [-0.4, -0.2) is 25.0 Å². The third-order valence-corrected chi connectivity index (χ3v) is 3.72. The highest BCUT2D eigenvalue weighted by Gasteiger charge is 2.10. The van der Waals surface area contributed by atoms with E-state index in [1.165, 1.54) is 6.08 Å². The molecule has 2 aromatic carbocycles. The van der Waals surface area contributed by atoms with Crippen LogP contribution in [0.2, 0.25) is 5.02 Å². The molecule has 0 aromatic heterocycles. The maximum absolute atomic E-state index is 12.0. The van der Waals surface area contributed by atoms with E-state index in [9.17, 15) is 9.59 Å². The fraction of sp³-hybridized carbons (Fsp3) is 0.200. The smallest absolute Gasteiger partial charge is 0.271 e. The van der Waals surface area contributed by atoms with Gasteiger partial charge in [0.1, 0.15) is 0 Å². The molecular formula is C20H21ClN2O4. The molecular weight excluding hydrogens is 368 g/mol. The van der Waals surface area contributed by atoms with E-state index in [1.54, 1.807) is 55.7 Å². The van der Waals surface area contributed by atoms with Crippen LogP contribution in [0, 0.1) is 0 Å². The number of hydrogen-bond acceptors (Lipinski definition) is 4. The van der Waals surface area contributed by atoms with E-state index in [-0.39, 0.29) is 11.7 Å². The largest absolute Gasteiger partial charge is 0.493 e. The monoisotopic (exact) mass is 388 g/mol. The summed E-state index contributed by atoms with van der Waals surface area (Å²) in [5, 5.41) is 0.301. The number of carbonyl (C=O) groups is 2. The van der Waals surface area contributed by atoms with Gasteiger partial charge in [-0.15, -0.1) is 0 Å². The molecule has 0 bridgehead atoms. The average Bonchev–Trinajstić information content (AvgIpc) is 2.65. The molecule has 0 spiro atoms. The summed E-state index contributed by atoms with van der Waals surface area (Å²) in [5.41, 5.74) is 5.63. The van der Waals surface area contributed by atoms with Gasteiger partial charge in [0.15, 0.2) is 11.5 Å². The zero-order valence-corrected chi connectivity index (χ0v) is 16.0. The summed E-state index contributed by atoms with van der Waals surface area (Å²) in [5.74, 6) is 0.204. The Balaban J connectivity index is 1.96. The Labute approximate surface area is 163 Å². The standard InChI is InChI=1S/C20H21ClN2O4/c1-13(2)27-17-10-8-14(12-18(17)26-3)9-11-19(24)22-23-20(25)15-6-4-5-7-16(15)21/h4-13H,1-3H3,(H,22,24)(H,23,25)/b11-9+. The van der Waals surface area contributed by atoms with Gasteiger partial charge in [-0.3, -0.25) is 20.4 Å². The minimum absolute atomic E-state index is 0.0211. The third kappa shape index (κ3) is 6.04. The number of amides is 2. The van der Waals surface area contributed by atoms with Crippen LogP contribution in [0.25, 0.3) is 6.08 Å². The number of benzene rings is 2. The molecule has 0 aliphatic rings. The van der Waals surface area contributed by atoms with Crippen molar-refractivity contribution in [3.05, 3.63) is 64.7 Å². The third-order valence-electron chi connectivity index (χ3n) is 3.40. The summed E-state index contributed by atoms with van der Waals surface area (Å²) in [4.78, 5) is 23.9. The van der Waals surface area contributed by atoms with Crippen LogP contribution in [0.15, 0.2) is 48.5 Å². The number of hydrazine groups is 1. The van der Waals surface area contributed by atoms with Gasteiger partial charge in [0.05, 0.1) is 23.8 Å². The molecule has 0 unspecified atom stereocenters. The van der Waals surface area contributed by atoms with Crippen molar-refractivity contribution >= 4 is 29.5 Å². The van der Waals surface area contributed by atoms with Gasteiger partial charge in [-0.1, -0.05) is 29.8 Å². The molecule has 0 atom stereocenters. The van der Waals surface area contributed by atoms with Crippen molar-refractivity contribution in [1.82, 2.24) is 10.9 Å². The van der Waals surface area contributed by atoms with E-state index in [1.807, 2.05) is 13.8 Å². The van der Waals surface area contributed by atoms with Crippen LogP contribution >= 0.6 is 11.6 Å². The number of methoxy groups -OCH3 is 1. The number of carbonyl (C=O) groups excluding carboxylic acids is 2. The number of ether oxygens (including phenoxy) is 2. The normalized spacial score (nSPS) is 10.7. The summed E-state index contributed by atoms with van der Waals surface area (Å²) >= 11 is 5.94. The second-order valence-corrected chi connectivity index (χ2v) is 6.24. The van der Waals surface area contributed by atoms with Gasteiger partial charge in [0, 0.05) is 6.08 Å². The van der Waals surface area contributed by atoms with Gasteiger partial charge in [0.25, 0.3) is 11.8 Å². The van der Waals surface area contributed by atoms with Crippen molar-refractivity contribution < 1.29 is 19.1 Å². The van der Waals surface area contributed by atoms with E-state index < -0.39 is 11.8 Å². The van der Waals surface area contributed by atoms with Crippen molar-refractivity contribution in [3.8, 4) is 11.5 Å². The molecule has 0 fully saturated rings. The molecule has 0 saturated heterocycles. The lowest BCUT2D eigenvalue weighted by Gasteiger charge is -2.13. The molecule has 0 heterocycles. The van der Waals surface area contributed by atoms with Gasteiger partial charge in [-0.2, -0.15) is 0 Å². The van der Waals surface area contributed by atoms with E-state index in [4.69, 9.17) is 21.1 Å². The molecule has 0 radical (unpaired) electrons. The molecule has 2 amide bonds. The van der Waals surface area contributed by atoms with Crippen molar-refractivity contribution in [2.75, 3.05) is 7.11 Å². The molecule has 2 rings (SSSR count). The topological polar surface area (TPSA) is 76.7 Å². The van der Waals surface area contributed by atoms with Gasteiger partial charge in [-0.05, 0) is 49.8 Å². The zero-order chi connectivity index (χ0) is 19.8. The summed E-state index contributed by atoms with van der Waals surface area (Å²) < 4.78 is 11.0. The lowest BCUT2D eigenvalue weighted by atomic mass is 10.2. The van der Waals surface area contributed by atoms with Gasteiger partial charge in [-0.25, -0.2) is 0 Å². The van der Waals surface area contributed by atoms with Crippen LogP contribution in [0.1, 0.15) is 29.8 Å². The Bertz CT molecular complexity index is 850. The number of halogens is 1. The summed E-state index contributed by atoms with van der Waals surface area (Å²) in [6, 6.07) is 11.9. The Morgan fingerprint density at radius 3 is 2.48 bits per heavy atom. The first-order chi connectivity index (χ1) is 12.9. The summed E-state index contributed by atoms with van der Waals surface area (Å²) in [7, 11) is 1.55. The second kappa shape index (κ2) is 9.64. The predicted molar refractivity (Wildman–Crippen MR) is 105 cm³/mol. The minimum Gasteiger partial charge on any atom is -0.493 e. The Hall–Kier alpha value is -2.99. The van der Waals surface area contributed by atoms with Gasteiger partial charge < -0.3 is 9.47 Å². The Morgan fingerprint density at radius 2 is 1.81 bits per heavy atom. The van der Waals surface area contributed by atoms with E-state index in [0.717, 1.165) is 5.56 Å². The molecule has 142 valence electrons. The van der Waals surface area contributed by atoms with E-state index >= 15 is 0 Å². The van der Waals surface area contributed by atoms with Crippen molar-refractivity contribution in [1.29, 1.82) is 0 Å². The molecule has 0 saturated carbocycles. The first-order valence-corrected chi connectivity index (χ1v) is 8.66. The van der Waals surface area contributed by atoms with Crippen molar-refractivity contribution in [3.63, 3.8) is 0 Å². The first kappa shape index (κ1) is 20.3. The number of hydrogen-bond donors (Lipinski definition) is 2. The summed E-state index contributed by atoms with van der Waals surface area (Å²) in [6.45, 7) is 3.85. The van der Waals surface area contributed by atoms with Crippen LogP contribution in [0.5, 0.6) is 11.5 Å². The lowest BCUT2D eigenvalue weighted by molar-refractivity contribution is -0.117. The van der Waals surface area contributed by atoms with Crippen LogP contribution < -0.4 is 20.3 Å². The Morgan fingerprint density at radius 1 is 1.07 bits per heavy atom. The molecule has 2 aromatic rings. The van der Waals surface area contributed by atoms with Crippen LogP contribution in [0.4, 0.5) is 0 Å². The van der Waals surface area contributed by atoms with Crippen molar-refractivity contribution in [2.24, 2.45) is 0 Å². The van der Waals surface area contributed by atoms with E-state index in [2.05, 4.69) is 10.9 Å². The molecule has 27 heavy (non-hydrogen) atoms. The lowest BCUT2D eigenvalue weighted by Crippen LogP contribution is -2.40. The minimum atomic E-state index is -0.501. The highest BCUT2D eigenvalue weighted by molar-refractivity contribution is 6.33. The van der Waals surface area contributed by atoms with Crippen LogP contribution in [0.3, 0.4) is 0 Å². The fourth-order valence-corrected chi connectivity index (χ4v) is 2.41. The molecule has 2 N–H and O–H groups in total. The second-order valence-electron chi connectivity index (χ2n) is 5.83. The SMILES string of the molecule is COc1cc(/C=C/C(=O)NNC(=O)c2ccccc2Cl)ccc1OC(C)C. The first-order valence-electron chi connectivity index (χ1n) is 8.28. The quantitative estimate of drug-likeness (QED) is 0.585. The maximum atomic E-state index is 12.0. The number of rotatable bonds is 6. The number of nitrogens with one attached hydrogen (secondary N) is 2.